The van der Waals surface area contributed by atoms with E-state index in [0.717, 1.165) is 0 Å². The van der Waals surface area contributed by atoms with Gasteiger partial charge in [0.05, 0.1) is 5.92 Å². The van der Waals surface area contributed by atoms with Crippen molar-refractivity contribution in [3.8, 4) is 0 Å². The van der Waals surface area contributed by atoms with Gasteiger partial charge >= 0.3 is 5.97 Å². The SMILES string of the molecule is CC1(C)CCC(c2ccccc2C2CC(C(=O)O)CN2)CC1. The quantitative estimate of drug-likeness (QED) is 0.883. The van der Waals surface area contributed by atoms with Gasteiger partial charge in [-0.05, 0) is 54.6 Å². The van der Waals surface area contributed by atoms with Crippen molar-refractivity contribution >= 4 is 5.97 Å². The molecule has 2 unspecified atom stereocenters. The molecule has 1 aliphatic carbocycles. The van der Waals surface area contributed by atoms with Crippen molar-refractivity contribution in [2.75, 3.05) is 6.54 Å². The zero-order valence-corrected chi connectivity index (χ0v) is 13.6. The highest BCUT2D eigenvalue weighted by Crippen LogP contribution is 2.44. The number of rotatable bonds is 3. The summed E-state index contributed by atoms with van der Waals surface area (Å²) in [5, 5.41) is 12.6. The molecule has 3 nitrogen and oxygen atoms in total. The van der Waals surface area contributed by atoms with Gasteiger partial charge in [0.2, 0.25) is 0 Å². The predicted molar refractivity (Wildman–Crippen MR) is 87.9 cm³/mol. The molecule has 0 radical (unpaired) electrons. The van der Waals surface area contributed by atoms with E-state index in [-0.39, 0.29) is 12.0 Å². The Morgan fingerprint density at radius 3 is 2.41 bits per heavy atom. The van der Waals surface area contributed by atoms with Crippen LogP contribution in [0.25, 0.3) is 0 Å². The lowest BCUT2D eigenvalue weighted by Gasteiger charge is -2.35. The average molecular weight is 301 g/mol. The Morgan fingerprint density at radius 1 is 1.18 bits per heavy atom. The molecule has 0 amide bonds. The standard InChI is InChI=1S/C19H27NO2/c1-19(2)9-7-13(8-10-19)15-5-3-4-6-16(15)17-11-14(12-20-17)18(21)22/h3-6,13-14,17,20H,7-12H2,1-2H3,(H,21,22). The molecule has 2 N–H and O–H groups in total. The van der Waals surface area contributed by atoms with Crippen LogP contribution < -0.4 is 5.32 Å². The van der Waals surface area contributed by atoms with Gasteiger partial charge in [-0.1, -0.05) is 38.1 Å². The summed E-state index contributed by atoms with van der Waals surface area (Å²) < 4.78 is 0. The summed E-state index contributed by atoms with van der Waals surface area (Å²) in [6.45, 7) is 5.32. The van der Waals surface area contributed by atoms with E-state index in [0.29, 0.717) is 24.3 Å². The molecule has 0 aromatic heterocycles. The molecule has 1 aliphatic heterocycles. The highest BCUT2D eigenvalue weighted by atomic mass is 16.4. The largest absolute Gasteiger partial charge is 0.481 e. The Morgan fingerprint density at radius 2 is 1.82 bits per heavy atom. The summed E-state index contributed by atoms with van der Waals surface area (Å²) in [5.41, 5.74) is 3.25. The van der Waals surface area contributed by atoms with Crippen LogP contribution in [0.2, 0.25) is 0 Å². The van der Waals surface area contributed by atoms with Crippen LogP contribution >= 0.6 is 0 Å². The third kappa shape index (κ3) is 3.19. The first-order valence-corrected chi connectivity index (χ1v) is 8.51. The van der Waals surface area contributed by atoms with Crippen LogP contribution in [0.5, 0.6) is 0 Å². The fraction of sp³-hybridized carbons (Fsp3) is 0.632. The average Bonchev–Trinajstić information content (AvgIpc) is 2.97. The third-order valence-electron chi connectivity index (χ3n) is 5.63. The molecular formula is C19H27NO2. The number of nitrogens with one attached hydrogen (secondary N) is 1. The molecule has 2 atom stereocenters. The fourth-order valence-corrected chi connectivity index (χ4v) is 4.07. The summed E-state index contributed by atoms with van der Waals surface area (Å²) in [5.74, 6) is -0.287. The zero-order valence-electron chi connectivity index (χ0n) is 13.6. The summed E-state index contributed by atoms with van der Waals surface area (Å²) in [7, 11) is 0. The van der Waals surface area contributed by atoms with Crippen molar-refractivity contribution in [3.63, 3.8) is 0 Å². The van der Waals surface area contributed by atoms with Gasteiger partial charge in [-0.2, -0.15) is 0 Å². The fourth-order valence-electron chi connectivity index (χ4n) is 4.07. The second kappa shape index (κ2) is 6.04. The molecule has 0 spiro atoms. The molecular weight excluding hydrogens is 274 g/mol. The monoisotopic (exact) mass is 301 g/mol. The lowest BCUT2D eigenvalue weighted by atomic mass is 9.70. The number of hydrogen-bond donors (Lipinski definition) is 2. The molecule has 1 aromatic carbocycles. The Kier molecular flexibility index (Phi) is 4.26. The molecule has 1 aromatic rings. The van der Waals surface area contributed by atoms with E-state index in [4.69, 9.17) is 0 Å². The van der Waals surface area contributed by atoms with Crippen LogP contribution in [-0.4, -0.2) is 17.6 Å². The van der Waals surface area contributed by atoms with Crippen LogP contribution in [0, 0.1) is 11.3 Å². The van der Waals surface area contributed by atoms with E-state index in [1.54, 1.807) is 0 Å². The minimum absolute atomic E-state index is 0.201. The molecule has 0 bridgehead atoms. The summed E-state index contributed by atoms with van der Waals surface area (Å²) >= 11 is 0. The van der Waals surface area contributed by atoms with Gasteiger partial charge in [-0.25, -0.2) is 0 Å². The highest BCUT2D eigenvalue weighted by Gasteiger charge is 2.33. The van der Waals surface area contributed by atoms with E-state index in [2.05, 4.69) is 43.4 Å². The minimum Gasteiger partial charge on any atom is -0.481 e. The van der Waals surface area contributed by atoms with Gasteiger partial charge in [0.1, 0.15) is 0 Å². The van der Waals surface area contributed by atoms with E-state index in [1.807, 2.05) is 0 Å². The number of aliphatic carboxylic acids is 1. The van der Waals surface area contributed by atoms with E-state index < -0.39 is 5.97 Å². The lowest BCUT2D eigenvalue weighted by molar-refractivity contribution is -0.141. The zero-order chi connectivity index (χ0) is 15.7. The minimum atomic E-state index is -0.674. The lowest BCUT2D eigenvalue weighted by Crippen LogP contribution is -2.22. The first-order valence-electron chi connectivity index (χ1n) is 8.51. The van der Waals surface area contributed by atoms with Crippen LogP contribution in [0.3, 0.4) is 0 Å². The number of carboxylic acids is 1. The van der Waals surface area contributed by atoms with Gasteiger partial charge in [0.15, 0.2) is 0 Å². The Balaban J connectivity index is 1.78. The smallest absolute Gasteiger partial charge is 0.307 e. The molecule has 1 saturated carbocycles. The molecule has 22 heavy (non-hydrogen) atoms. The number of carboxylic acid groups (broad SMARTS) is 1. The van der Waals surface area contributed by atoms with Crippen molar-refractivity contribution in [2.45, 2.75) is 57.9 Å². The van der Waals surface area contributed by atoms with Gasteiger partial charge in [0, 0.05) is 12.6 Å². The maximum absolute atomic E-state index is 11.2. The summed E-state index contributed by atoms with van der Waals surface area (Å²) in [6, 6.07) is 8.86. The van der Waals surface area contributed by atoms with Crippen molar-refractivity contribution in [2.24, 2.45) is 11.3 Å². The van der Waals surface area contributed by atoms with Crippen LogP contribution in [0.15, 0.2) is 24.3 Å². The molecule has 120 valence electrons. The van der Waals surface area contributed by atoms with Crippen molar-refractivity contribution in [3.05, 3.63) is 35.4 Å². The molecule has 1 saturated heterocycles. The van der Waals surface area contributed by atoms with E-state index >= 15 is 0 Å². The molecule has 2 aliphatic rings. The van der Waals surface area contributed by atoms with Crippen molar-refractivity contribution < 1.29 is 9.90 Å². The van der Waals surface area contributed by atoms with Gasteiger partial charge in [0.25, 0.3) is 0 Å². The Bertz CT molecular complexity index is 542. The molecule has 3 heteroatoms. The second-order valence-electron chi connectivity index (χ2n) is 7.80. The van der Waals surface area contributed by atoms with Gasteiger partial charge in [-0.3, -0.25) is 4.79 Å². The van der Waals surface area contributed by atoms with Crippen LogP contribution in [0.4, 0.5) is 0 Å². The van der Waals surface area contributed by atoms with E-state index in [9.17, 15) is 9.90 Å². The number of hydrogen-bond acceptors (Lipinski definition) is 2. The first-order chi connectivity index (χ1) is 10.5. The van der Waals surface area contributed by atoms with Crippen LogP contribution in [-0.2, 0) is 4.79 Å². The van der Waals surface area contributed by atoms with Crippen molar-refractivity contribution in [1.29, 1.82) is 0 Å². The number of carbonyl (C=O) groups is 1. The van der Waals surface area contributed by atoms with Crippen molar-refractivity contribution in [1.82, 2.24) is 5.32 Å². The predicted octanol–water partition coefficient (Wildman–Crippen LogP) is 4.11. The van der Waals surface area contributed by atoms with Gasteiger partial charge in [-0.15, -0.1) is 0 Å². The molecule has 2 fully saturated rings. The normalized spacial score (nSPS) is 28.6. The molecule has 1 heterocycles. The topological polar surface area (TPSA) is 49.3 Å². The van der Waals surface area contributed by atoms with Gasteiger partial charge < -0.3 is 10.4 Å². The van der Waals surface area contributed by atoms with E-state index in [1.165, 1.54) is 36.8 Å². The number of benzene rings is 1. The highest BCUT2D eigenvalue weighted by molar-refractivity contribution is 5.70. The molecule has 3 rings (SSSR count). The Hall–Kier alpha value is -1.35. The third-order valence-corrected chi connectivity index (χ3v) is 5.63. The maximum atomic E-state index is 11.2. The summed E-state index contributed by atoms with van der Waals surface area (Å²) in [4.78, 5) is 11.2. The van der Waals surface area contributed by atoms with Crippen LogP contribution in [0.1, 0.15) is 69.0 Å². The second-order valence-corrected chi connectivity index (χ2v) is 7.80. The first kappa shape index (κ1) is 15.5. The summed E-state index contributed by atoms with van der Waals surface area (Å²) in [6.07, 6.45) is 5.77. The Labute approximate surface area is 133 Å². The maximum Gasteiger partial charge on any atom is 0.307 e.